The van der Waals surface area contributed by atoms with Crippen LogP contribution in [0, 0.1) is 0 Å². The zero-order chi connectivity index (χ0) is 31.2. The molecule has 11 N–H and O–H groups in total. The van der Waals surface area contributed by atoms with E-state index in [1.54, 1.807) is 0 Å². The summed E-state index contributed by atoms with van der Waals surface area (Å²) in [6, 6.07) is 3.65. The van der Waals surface area contributed by atoms with E-state index in [2.05, 4.69) is 0 Å². The summed E-state index contributed by atoms with van der Waals surface area (Å²) in [6.45, 7) is -1.45. The van der Waals surface area contributed by atoms with Crippen molar-refractivity contribution in [3.8, 4) is 11.5 Å². The Morgan fingerprint density at radius 2 is 1.26 bits per heavy atom. The molecule has 4 aliphatic rings. The summed E-state index contributed by atoms with van der Waals surface area (Å²) in [5, 5.41) is 111. The Kier molecular flexibility index (Phi) is 8.87. The molecule has 3 aliphatic heterocycles. The number of hydrogen-bond acceptors (Lipinski definition) is 16. The molecular formula is C27H32O16. The molecule has 5 rings (SSSR count). The number of rotatable bonds is 7. The van der Waals surface area contributed by atoms with Crippen LogP contribution in [0.5, 0.6) is 11.5 Å². The van der Waals surface area contributed by atoms with Gasteiger partial charge in [-0.2, -0.15) is 0 Å². The second kappa shape index (κ2) is 12.3. The van der Waals surface area contributed by atoms with Gasteiger partial charge in [0.15, 0.2) is 23.0 Å². The van der Waals surface area contributed by atoms with Gasteiger partial charge in [0.25, 0.3) is 0 Å². The van der Waals surface area contributed by atoms with Crippen LogP contribution < -0.4 is 0 Å². The fraction of sp³-hybridized carbons (Fsp3) is 0.481. The van der Waals surface area contributed by atoms with Crippen molar-refractivity contribution in [2.75, 3.05) is 13.2 Å². The molecule has 11 unspecified atom stereocenters. The summed E-state index contributed by atoms with van der Waals surface area (Å²) < 4.78 is 28.5. The maximum atomic E-state index is 10.6. The molecule has 2 fully saturated rings. The van der Waals surface area contributed by atoms with Crippen LogP contribution in [0.3, 0.4) is 0 Å². The van der Waals surface area contributed by atoms with E-state index in [4.69, 9.17) is 23.7 Å². The SMILES string of the molecule is OCC1OC(OC2=CC(O)=CC3OC(c4ccc(O)c(O)c4)=C(OC4OC(CO)C(O)C(O)C4O)C=C23)C(O)C(O)C1O. The third-order valence-electron chi connectivity index (χ3n) is 7.37. The minimum atomic E-state index is -1.81. The Hall–Kier alpha value is -3.42. The Bertz CT molecular complexity index is 1320. The van der Waals surface area contributed by atoms with Crippen LogP contribution in [-0.2, 0) is 23.7 Å². The average molecular weight is 613 g/mol. The molecule has 2 saturated heterocycles. The number of benzene rings is 1. The van der Waals surface area contributed by atoms with Crippen LogP contribution in [0.4, 0.5) is 0 Å². The smallest absolute Gasteiger partial charge is 0.229 e. The van der Waals surface area contributed by atoms with E-state index in [-0.39, 0.29) is 34.2 Å². The van der Waals surface area contributed by atoms with Crippen molar-refractivity contribution in [3.63, 3.8) is 0 Å². The summed E-state index contributed by atoms with van der Waals surface area (Å²) in [5.41, 5.74) is 0.269. The van der Waals surface area contributed by atoms with E-state index >= 15 is 0 Å². The molecule has 1 aromatic carbocycles. The molecule has 0 bridgehead atoms. The fourth-order valence-corrected chi connectivity index (χ4v) is 4.94. The molecule has 3 heterocycles. The molecule has 43 heavy (non-hydrogen) atoms. The lowest BCUT2D eigenvalue weighted by molar-refractivity contribution is -0.291. The Labute approximate surface area is 243 Å². The minimum absolute atomic E-state index is 0.112. The molecular weight excluding hydrogens is 580 g/mol. The summed E-state index contributed by atoms with van der Waals surface area (Å²) in [7, 11) is 0. The lowest BCUT2D eigenvalue weighted by Gasteiger charge is -2.41. The van der Waals surface area contributed by atoms with Crippen LogP contribution in [0.1, 0.15) is 5.56 Å². The van der Waals surface area contributed by atoms with Crippen molar-refractivity contribution < 1.29 is 79.9 Å². The normalized spacial score (nSPS) is 37.9. The van der Waals surface area contributed by atoms with Gasteiger partial charge in [0.05, 0.1) is 13.2 Å². The Morgan fingerprint density at radius 1 is 0.674 bits per heavy atom. The van der Waals surface area contributed by atoms with E-state index < -0.39 is 92.2 Å². The van der Waals surface area contributed by atoms with Crippen molar-refractivity contribution in [1.82, 2.24) is 0 Å². The van der Waals surface area contributed by atoms with Crippen molar-refractivity contribution >= 4 is 5.76 Å². The predicted octanol–water partition coefficient (Wildman–Crippen LogP) is -2.94. The van der Waals surface area contributed by atoms with Crippen molar-refractivity contribution in [3.05, 3.63) is 64.8 Å². The molecule has 0 amide bonds. The highest BCUT2D eigenvalue weighted by Gasteiger charge is 2.47. The van der Waals surface area contributed by atoms with Gasteiger partial charge in [-0.25, -0.2) is 0 Å². The van der Waals surface area contributed by atoms with Gasteiger partial charge in [-0.05, 0) is 24.3 Å². The van der Waals surface area contributed by atoms with Gasteiger partial charge >= 0.3 is 0 Å². The zero-order valence-electron chi connectivity index (χ0n) is 22.2. The van der Waals surface area contributed by atoms with E-state index in [1.807, 2.05) is 0 Å². The van der Waals surface area contributed by atoms with Crippen LogP contribution >= 0.6 is 0 Å². The van der Waals surface area contributed by atoms with Crippen LogP contribution in [0.2, 0.25) is 0 Å². The molecule has 0 saturated carbocycles. The highest BCUT2D eigenvalue weighted by molar-refractivity contribution is 5.70. The highest BCUT2D eigenvalue weighted by Crippen LogP contribution is 2.41. The molecule has 0 spiro atoms. The second-order valence-electron chi connectivity index (χ2n) is 10.3. The van der Waals surface area contributed by atoms with Crippen LogP contribution in [-0.4, -0.2) is 137 Å². The summed E-state index contributed by atoms with van der Waals surface area (Å²) >= 11 is 0. The number of phenolic OH excluding ortho intramolecular Hbond substituents is 2. The van der Waals surface area contributed by atoms with Crippen molar-refractivity contribution in [2.24, 2.45) is 0 Å². The standard InChI is InChI=1S/C27H32O16/c28-7-17-19(33)21(35)23(37)26(42-17)40-15-5-10(30)4-14-11(15)6-16(25(39-14)9-1-2-12(31)13(32)3-9)41-27-24(38)22(36)20(34)18(8-29)43-27/h1-6,14,17-24,26-38H,7-8H2. The van der Waals surface area contributed by atoms with Crippen molar-refractivity contribution in [1.29, 1.82) is 0 Å². The Morgan fingerprint density at radius 3 is 1.81 bits per heavy atom. The van der Waals surface area contributed by atoms with E-state index in [0.717, 1.165) is 18.2 Å². The molecule has 1 aromatic rings. The number of hydrogen-bond donors (Lipinski definition) is 11. The van der Waals surface area contributed by atoms with E-state index in [1.165, 1.54) is 18.2 Å². The van der Waals surface area contributed by atoms with Gasteiger partial charge in [-0.3, -0.25) is 0 Å². The third-order valence-corrected chi connectivity index (χ3v) is 7.37. The molecule has 0 radical (unpaired) electrons. The van der Waals surface area contributed by atoms with Crippen LogP contribution in [0.15, 0.2) is 59.3 Å². The van der Waals surface area contributed by atoms with Gasteiger partial charge in [0, 0.05) is 23.3 Å². The number of allylic oxidation sites excluding steroid dienone is 2. The summed E-state index contributed by atoms with van der Waals surface area (Å²) in [5.74, 6) is -1.81. The fourth-order valence-electron chi connectivity index (χ4n) is 4.94. The third kappa shape index (κ3) is 5.89. The maximum absolute atomic E-state index is 10.6. The molecule has 1 aliphatic carbocycles. The first kappa shape index (κ1) is 31.0. The predicted molar refractivity (Wildman–Crippen MR) is 138 cm³/mol. The monoisotopic (exact) mass is 612 g/mol. The van der Waals surface area contributed by atoms with Gasteiger partial charge in [-0.1, -0.05) is 0 Å². The lowest BCUT2D eigenvalue weighted by atomic mass is 9.96. The zero-order valence-corrected chi connectivity index (χ0v) is 22.2. The first-order valence-electron chi connectivity index (χ1n) is 13.2. The minimum Gasteiger partial charge on any atom is -0.508 e. The quantitative estimate of drug-likeness (QED) is 0.138. The first-order valence-corrected chi connectivity index (χ1v) is 13.2. The van der Waals surface area contributed by atoms with Gasteiger partial charge < -0.3 is 79.9 Å². The second-order valence-corrected chi connectivity index (χ2v) is 10.3. The maximum Gasteiger partial charge on any atom is 0.229 e. The number of ether oxygens (including phenoxy) is 5. The number of phenols is 2. The number of fused-ring (bicyclic) bond motifs is 1. The lowest BCUT2D eigenvalue weighted by Crippen LogP contribution is -2.59. The molecule has 236 valence electrons. The molecule has 16 nitrogen and oxygen atoms in total. The largest absolute Gasteiger partial charge is 0.508 e. The molecule has 11 atom stereocenters. The summed E-state index contributed by atoms with van der Waals surface area (Å²) in [6.07, 6.45) is -13.8. The summed E-state index contributed by atoms with van der Waals surface area (Å²) in [4.78, 5) is 0. The van der Waals surface area contributed by atoms with Gasteiger partial charge in [-0.15, -0.1) is 0 Å². The first-order chi connectivity index (χ1) is 20.4. The van der Waals surface area contributed by atoms with Crippen molar-refractivity contribution in [2.45, 2.75) is 67.5 Å². The van der Waals surface area contributed by atoms with E-state index in [9.17, 15) is 56.2 Å². The highest BCUT2D eigenvalue weighted by atomic mass is 16.7. The number of aliphatic hydroxyl groups is 9. The molecule has 0 aromatic heterocycles. The van der Waals surface area contributed by atoms with Crippen LogP contribution in [0.25, 0.3) is 5.76 Å². The number of aromatic hydroxyl groups is 2. The van der Waals surface area contributed by atoms with Gasteiger partial charge in [0.2, 0.25) is 12.6 Å². The number of aliphatic hydroxyl groups excluding tert-OH is 9. The molecule has 16 heteroatoms. The Balaban J connectivity index is 1.53. The average Bonchev–Trinajstić information content (AvgIpc) is 2.98. The van der Waals surface area contributed by atoms with Gasteiger partial charge in [0.1, 0.15) is 66.5 Å². The van der Waals surface area contributed by atoms with E-state index in [0.29, 0.717) is 0 Å². The topological polar surface area (TPSA) is 269 Å².